The first-order chi connectivity index (χ1) is 6.99. The van der Waals surface area contributed by atoms with Gasteiger partial charge >= 0.3 is 0 Å². The molecule has 1 amide bonds. The van der Waals surface area contributed by atoms with Gasteiger partial charge in [-0.15, -0.1) is 0 Å². The van der Waals surface area contributed by atoms with E-state index in [0.717, 1.165) is 6.54 Å². The van der Waals surface area contributed by atoms with E-state index in [9.17, 15) is 4.79 Å². The van der Waals surface area contributed by atoms with Gasteiger partial charge in [-0.2, -0.15) is 0 Å². The van der Waals surface area contributed by atoms with Crippen LogP contribution in [0.15, 0.2) is 0 Å². The third kappa shape index (κ3) is 7.08. The third-order valence-corrected chi connectivity index (χ3v) is 2.52. The molecule has 0 radical (unpaired) electrons. The summed E-state index contributed by atoms with van der Waals surface area (Å²) in [6.07, 6.45) is 0. The van der Waals surface area contributed by atoms with Gasteiger partial charge in [-0.3, -0.25) is 9.69 Å². The van der Waals surface area contributed by atoms with Crippen molar-refractivity contribution in [2.45, 2.75) is 39.8 Å². The molecule has 0 aromatic heterocycles. The smallest absolute Gasteiger partial charge is 0.247 e. The second-order valence-corrected chi connectivity index (χ2v) is 4.65. The van der Waals surface area contributed by atoms with Crippen molar-refractivity contribution < 1.29 is 7.86 Å². The van der Waals surface area contributed by atoms with Crippen molar-refractivity contribution in [3.63, 3.8) is 0 Å². The van der Waals surface area contributed by atoms with Crippen LogP contribution in [-0.4, -0.2) is 42.6 Å². The van der Waals surface area contributed by atoms with Gasteiger partial charge in [0.1, 0.15) is 29.6 Å². The molecule has 1 N–H and O–H groups in total. The minimum atomic E-state index is -0.0585. The Morgan fingerprint density at radius 2 is 1.87 bits per heavy atom. The Bertz CT molecular complexity index is 178. The summed E-state index contributed by atoms with van der Waals surface area (Å²) < 4.78 is 4.70. The first-order valence-electron chi connectivity index (χ1n) is 5.25. The second-order valence-electron chi connectivity index (χ2n) is 4.03. The Morgan fingerprint density at radius 1 is 1.33 bits per heavy atom. The maximum atomic E-state index is 11.1. The molecule has 0 rings (SSSR count). The van der Waals surface area contributed by atoms with Gasteiger partial charge in [0, 0.05) is 25.2 Å². The molecule has 4 nitrogen and oxygen atoms in total. The highest BCUT2D eigenvalue weighted by Gasteiger charge is 2.12. The van der Waals surface area contributed by atoms with Crippen LogP contribution in [0.2, 0.25) is 0 Å². The molecule has 0 heterocycles. The maximum absolute atomic E-state index is 11.1. The van der Waals surface area contributed by atoms with Crippen LogP contribution in [0.3, 0.4) is 0 Å². The summed E-state index contributed by atoms with van der Waals surface area (Å²) in [5.41, 5.74) is 0. The molecule has 0 aliphatic rings. The lowest BCUT2D eigenvalue weighted by atomic mass is 10.2. The van der Waals surface area contributed by atoms with Crippen LogP contribution in [-0.2, 0) is 7.86 Å². The molecule has 0 aliphatic heterocycles. The number of nitrogens with one attached hydrogen (secondary N) is 1. The van der Waals surface area contributed by atoms with Crippen LogP contribution in [0, 0.1) is 0 Å². The van der Waals surface area contributed by atoms with E-state index < -0.39 is 0 Å². The number of hydrogen-bond donors (Lipinski definition) is 1. The normalized spacial score (nSPS) is 11.5. The van der Waals surface area contributed by atoms with E-state index in [2.05, 4.69) is 37.9 Å². The molecule has 90 valence electrons. The van der Waals surface area contributed by atoms with E-state index in [4.69, 9.17) is 3.07 Å². The van der Waals surface area contributed by atoms with Crippen LogP contribution in [0.4, 0.5) is 0 Å². The maximum Gasteiger partial charge on any atom is 0.247 e. The van der Waals surface area contributed by atoms with Crippen LogP contribution in [0.1, 0.15) is 27.7 Å². The lowest BCUT2D eigenvalue weighted by molar-refractivity contribution is -0.122. The van der Waals surface area contributed by atoms with Gasteiger partial charge in [0.25, 0.3) is 0 Å². The Labute approximate surface area is 106 Å². The second kappa shape index (κ2) is 8.29. The summed E-state index contributed by atoms with van der Waals surface area (Å²) in [6.45, 7) is 10.3. The van der Waals surface area contributed by atoms with Gasteiger partial charge in [-0.05, 0) is 27.7 Å². The number of nitrogens with zero attached hydrogens (tertiary/aromatic N) is 1. The number of hydrogen-bond acceptors (Lipinski definition) is 3. The minimum Gasteiger partial charge on any atom is -0.353 e. The SMILES string of the molecule is CC(C)N(CCNC(=O)COI)C(C)C. The molecule has 0 saturated heterocycles. The van der Waals surface area contributed by atoms with E-state index in [-0.39, 0.29) is 12.5 Å². The first-order valence-corrected chi connectivity index (χ1v) is 6.13. The summed E-state index contributed by atoms with van der Waals surface area (Å²) in [4.78, 5) is 13.4. The number of rotatable bonds is 7. The Hall–Kier alpha value is 0.120. The van der Waals surface area contributed by atoms with Crippen molar-refractivity contribution in [2.24, 2.45) is 0 Å². The molecule has 0 aromatic rings. The molecule has 15 heavy (non-hydrogen) atoms. The average Bonchev–Trinajstić information content (AvgIpc) is 2.11. The van der Waals surface area contributed by atoms with Crippen molar-refractivity contribution >= 4 is 28.9 Å². The summed E-state index contributed by atoms with van der Waals surface area (Å²) in [6, 6.07) is 1.01. The number of amides is 1. The Kier molecular flexibility index (Phi) is 8.36. The summed E-state index contributed by atoms with van der Waals surface area (Å²) >= 11 is 1.72. The summed E-state index contributed by atoms with van der Waals surface area (Å²) in [5.74, 6) is -0.0585. The summed E-state index contributed by atoms with van der Waals surface area (Å²) in [7, 11) is 0. The topological polar surface area (TPSA) is 41.6 Å². The molecule has 0 fully saturated rings. The zero-order chi connectivity index (χ0) is 11.8. The van der Waals surface area contributed by atoms with E-state index in [1.54, 1.807) is 23.0 Å². The monoisotopic (exact) mass is 328 g/mol. The van der Waals surface area contributed by atoms with Gasteiger partial charge in [0.2, 0.25) is 5.91 Å². The molecule has 0 atom stereocenters. The van der Waals surface area contributed by atoms with Crippen molar-refractivity contribution in [1.29, 1.82) is 0 Å². The Balaban J connectivity index is 3.76. The fourth-order valence-electron chi connectivity index (χ4n) is 1.54. The highest BCUT2D eigenvalue weighted by Crippen LogP contribution is 2.03. The van der Waals surface area contributed by atoms with Crippen molar-refractivity contribution in [2.75, 3.05) is 19.7 Å². The van der Waals surface area contributed by atoms with Gasteiger partial charge in [0.15, 0.2) is 0 Å². The molecular formula is C10H21IN2O2. The van der Waals surface area contributed by atoms with E-state index in [1.807, 2.05) is 0 Å². The lowest BCUT2D eigenvalue weighted by Gasteiger charge is -2.30. The van der Waals surface area contributed by atoms with Crippen LogP contribution in [0.25, 0.3) is 0 Å². The highest BCUT2D eigenvalue weighted by molar-refractivity contribution is 14.1. The fraction of sp³-hybridized carbons (Fsp3) is 0.900. The standard InChI is InChI=1S/C10H21IN2O2/c1-8(2)13(9(3)4)6-5-12-10(14)7-15-11/h8-9H,5-7H2,1-4H3,(H,12,14). The quantitative estimate of drug-likeness (QED) is 0.722. The van der Waals surface area contributed by atoms with Gasteiger partial charge in [0.05, 0.1) is 0 Å². The van der Waals surface area contributed by atoms with Crippen molar-refractivity contribution in [3.8, 4) is 0 Å². The van der Waals surface area contributed by atoms with Crippen LogP contribution >= 0.6 is 23.0 Å². The average molecular weight is 328 g/mol. The van der Waals surface area contributed by atoms with Gasteiger partial charge in [-0.25, -0.2) is 0 Å². The fourth-order valence-corrected chi connectivity index (χ4v) is 1.82. The minimum absolute atomic E-state index is 0.0585. The zero-order valence-corrected chi connectivity index (χ0v) is 12.1. The molecule has 0 unspecified atom stereocenters. The van der Waals surface area contributed by atoms with E-state index in [1.165, 1.54) is 0 Å². The lowest BCUT2D eigenvalue weighted by Crippen LogP contribution is -2.42. The number of carbonyl (C=O) groups is 1. The molecule has 0 saturated carbocycles. The van der Waals surface area contributed by atoms with Gasteiger partial charge in [-0.1, -0.05) is 0 Å². The van der Waals surface area contributed by atoms with Crippen LogP contribution < -0.4 is 5.32 Å². The van der Waals surface area contributed by atoms with Crippen molar-refractivity contribution in [3.05, 3.63) is 0 Å². The molecular weight excluding hydrogens is 307 g/mol. The number of carbonyl (C=O) groups excluding carboxylic acids is 1. The predicted octanol–water partition coefficient (Wildman–Crippen LogP) is 1.59. The highest BCUT2D eigenvalue weighted by atomic mass is 127. The largest absolute Gasteiger partial charge is 0.353 e. The molecule has 0 bridgehead atoms. The molecule has 0 aromatic carbocycles. The van der Waals surface area contributed by atoms with Crippen LogP contribution in [0.5, 0.6) is 0 Å². The molecule has 5 heteroatoms. The predicted molar refractivity (Wildman–Crippen MR) is 70.0 cm³/mol. The summed E-state index contributed by atoms with van der Waals surface area (Å²) in [5, 5.41) is 2.81. The van der Waals surface area contributed by atoms with E-state index in [0.29, 0.717) is 18.6 Å². The van der Waals surface area contributed by atoms with Crippen molar-refractivity contribution in [1.82, 2.24) is 10.2 Å². The zero-order valence-electron chi connectivity index (χ0n) is 9.92. The Morgan fingerprint density at radius 3 is 2.27 bits per heavy atom. The first kappa shape index (κ1) is 15.1. The number of halogens is 1. The van der Waals surface area contributed by atoms with Gasteiger partial charge < -0.3 is 8.38 Å². The van der Waals surface area contributed by atoms with E-state index >= 15 is 0 Å². The third-order valence-electron chi connectivity index (χ3n) is 2.20. The molecule has 0 aliphatic carbocycles. The molecule has 0 spiro atoms.